The molecule has 0 bridgehead atoms. The number of nitrogens with one attached hydrogen (secondary N) is 1. The molecule has 0 amide bonds. The Morgan fingerprint density at radius 1 is 0.950 bits per heavy atom. The largest absolute Gasteiger partial charge is 0.402 e. The maximum Gasteiger partial charge on any atom is 0.402 e. The average Bonchev–Trinajstić information content (AvgIpc) is 2.22. The van der Waals surface area contributed by atoms with Crippen molar-refractivity contribution in [3.05, 3.63) is 11.6 Å². The van der Waals surface area contributed by atoms with Gasteiger partial charge in [0.1, 0.15) is 0 Å². The lowest BCUT2D eigenvalue weighted by molar-refractivity contribution is -0.288. The minimum absolute atomic E-state index is 0.229. The lowest BCUT2D eigenvalue weighted by Crippen LogP contribution is -2.51. The lowest BCUT2D eigenvalue weighted by atomic mass is 9.86. The Hall–Kier alpha value is -0.720. The van der Waals surface area contributed by atoms with Gasteiger partial charge >= 0.3 is 12.4 Å². The Morgan fingerprint density at radius 2 is 1.50 bits per heavy atom. The van der Waals surface area contributed by atoms with Crippen LogP contribution in [0.2, 0.25) is 0 Å². The Bertz CT molecular complexity index is 317. The minimum Gasteiger partial charge on any atom is -0.312 e. The predicted octanol–water partition coefficient (Wildman–Crippen LogP) is 4.60. The van der Waals surface area contributed by atoms with Gasteiger partial charge in [0.15, 0.2) is 5.92 Å². The number of hydrogen-bond acceptors (Lipinski definition) is 1. The summed E-state index contributed by atoms with van der Waals surface area (Å²) in [6.07, 6.45) is -5.00. The molecule has 0 heterocycles. The van der Waals surface area contributed by atoms with E-state index in [9.17, 15) is 26.3 Å². The fourth-order valence-corrected chi connectivity index (χ4v) is 2.63. The van der Waals surface area contributed by atoms with Crippen molar-refractivity contribution in [3.8, 4) is 0 Å². The molecule has 0 aromatic heterocycles. The minimum atomic E-state index is -5.31. The SMILES string of the molecule is CNC(C1=CCCCCCC1)C(C(F)(F)F)C(F)(F)F. The summed E-state index contributed by atoms with van der Waals surface area (Å²) >= 11 is 0. The van der Waals surface area contributed by atoms with Gasteiger partial charge in [-0.05, 0) is 32.7 Å². The molecule has 1 N–H and O–H groups in total. The van der Waals surface area contributed by atoms with E-state index < -0.39 is 24.3 Å². The average molecular weight is 303 g/mol. The van der Waals surface area contributed by atoms with Crippen LogP contribution >= 0.6 is 0 Å². The number of allylic oxidation sites excluding steroid dienone is 1. The van der Waals surface area contributed by atoms with Crippen molar-refractivity contribution in [1.82, 2.24) is 5.32 Å². The van der Waals surface area contributed by atoms with Crippen molar-refractivity contribution < 1.29 is 26.3 Å². The van der Waals surface area contributed by atoms with Crippen LogP contribution < -0.4 is 5.32 Å². The van der Waals surface area contributed by atoms with Gasteiger partial charge in [0.2, 0.25) is 0 Å². The first-order valence-corrected chi connectivity index (χ1v) is 6.67. The molecule has 0 radical (unpaired) electrons. The second-order valence-corrected chi connectivity index (χ2v) is 5.06. The zero-order valence-electron chi connectivity index (χ0n) is 11.2. The summed E-state index contributed by atoms with van der Waals surface area (Å²) in [6.45, 7) is 0. The Morgan fingerprint density at radius 3 is 2.00 bits per heavy atom. The van der Waals surface area contributed by atoms with Crippen molar-refractivity contribution in [2.75, 3.05) is 7.05 Å². The summed E-state index contributed by atoms with van der Waals surface area (Å²) in [7, 11) is 1.15. The van der Waals surface area contributed by atoms with Crippen LogP contribution in [-0.2, 0) is 0 Å². The van der Waals surface area contributed by atoms with Crippen molar-refractivity contribution in [1.29, 1.82) is 0 Å². The van der Waals surface area contributed by atoms with E-state index in [0.29, 0.717) is 12.8 Å². The maximum absolute atomic E-state index is 12.8. The van der Waals surface area contributed by atoms with Gasteiger partial charge in [-0.25, -0.2) is 0 Å². The van der Waals surface area contributed by atoms with Crippen LogP contribution in [0.25, 0.3) is 0 Å². The fourth-order valence-electron chi connectivity index (χ4n) is 2.63. The highest BCUT2D eigenvalue weighted by atomic mass is 19.4. The van der Waals surface area contributed by atoms with Gasteiger partial charge in [0.25, 0.3) is 0 Å². The fraction of sp³-hybridized carbons (Fsp3) is 0.846. The van der Waals surface area contributed by atoms with E-state index in [4.69, 9.17) is 0 Å². The van der Waals surface area contributed by atoms with Crippen LogP contribution in [0, 0.1) is 5.92 Å². The molecule has 1 aliphatic carbocycles. The number of rotatable bonds is 3. The van der Waals surface area contributed by atoms with Crippen LogP contribution in [-0.4, -0.2) is 25.4 Å². The Kier molecular flexibility index (Phi) is 5.91. The van der Waals surface area contributed by atoms with E-state index in [-0.39, 0.29) is 12.0 Å². The molecule has 1 atom stereocenters. The maximum atomic E-state index is 12.8. The normalized spacial score (nSPS) is 20.3. The number of halogens is 6. The van der Waals surface area contributed by atoms with Crippen LogP contribution in [0.5, 0.6) is 0 Å². The zero-order valence-corrected chi connectivity index (χ0v) is 11.2. The number of alkyl halides is 6. The molecule has 20 heavy (non-hydrogen) atoms. The molecule has 1 nitrogen and oxygen atoms in total. The van der Waals surface area contributed by atoms with Crippen molar-refractivity contribution in [2.45, 2.75) is 56.9 Å². The number of hydrogen-bond donors (Lipinski definition) is 1. The summed E-state index contributed by atoms with van der Waals surface area (Å²) < 4.78 is 76.8. The highest BCUT2D eigenvalue weighted by Crippen LogP contribution is 2.43. The highest BCUT2D eigenvalue weighted by Gasteiger charge is 2.60. The van der Waals surface area contributed by atoms with Crippen molar-refractivity contribution in [3.63, 3.8) is 0 Å². The summed E-state index contributed by atoms with van der Waals surface area (Å²) in [4.78, 5) is 0. The van der Waals surface area contributed by atoms with E-state index in [1.165, 1.54) is 0 Å². The molecule has 0 aromatic rings. The molecule has 0 fully saturated rings. The molecule has 0 spiro atoms. The van der Waals surface area contributed by atoms with E-state index in [2.05, 4.69) is 5.32 Å². The van der Waals surface area contributed by atoms with Gasteiger partial charge in [0, 0.05) is 6.04 Å². The molecule has 0 saturated heterocycles. The van der Waals surface area contributed by atoms with Crippen LogP contribution in [0.1, 0.15) is 38.5 Å². The topological polar surface area (TPSA) is 12.0 Å². The molecule has 0 saturated carbocycles. The molecular weight excluding hydrogens is 284 g/mol. The third-order valence-electron chi connectivity index (χ3n) is 3.58. The molecule has 1 unspecified atom stereocenters. The lowest BCUT2D eigenvalue weighted by Gasteiger charge is -2.32. The third-order valence-corrected chi connectivity index (χ3v) is 3.58. The van der Waals surface area contributed by atoms with Crippen molar-refractivity contribution >= 4 is 0 Å². The number of likely N-dealkylation sites (N-methyl/N-ethyl adjacent to an activating group) is 1. The first kappa shape index (κ1) is 17.3. The summed E-state index contributed by atoms with van der Waals surface area (Å²) in [5.74, 6) is -3.36. The van der Waals surface area contributed by atoms with E-state index in [0.717, 1.165) is 26.3 Å². The second-order valence-electron chi connectivity index (χ2n) is 5.06. The quantitative estimate of drug-likeness (QED) is 0.593. The Balaban J connectivity index is 3.06. The van der Waals surface area contributed by atoms with Gasteiger partial charge in [-0.2, -0.15) is 26.3 Å². The van der Waals surface area contributed by atoms with Gasteiger partial charge in [0.05, 0.1) is 0 Å². The summed E-state index contributed by atoms with van der Waals surface area (Å²) in [5, 5.41) is 2.22. The predicted molar refractivity (Wildman–Crippen MR) is 64.2 cm³/mol. The van der Waals surface area contributed by atoms with E-state index >= 15 is 0 Å². The van der Waals surface area contributed by atoms with E-state index in [1.807, 2.05) is 0 Å². The zero-order chi connectivity index (χ0) is 15.4. The van der Waals surface area contributed by atoms with Crippen LogP contribution in [0.3, 0.4) is 0 Å². The molecule has 1 rings (SSSR count). The summed E-state index contributed by atoms with van der Waals surface area (Å²) in [5.41, 5.74) is 0.229. The first-order valence-electron chi connectivity index (χ1n) is 6.67. The molecule has 1 aliphatic rings. The first-order chi connectivity index (χ1) is 9.18. The molecule has 7 heteroatoms. The van der Waals surface area contributed by atoms with Gasteiger partial charge < -0.3 is 5.32 Å². The van der Waals surface area contributed by atoms with Crippen molar-refractivity contribution in [2.24, 2.45) is 5.92 Å². The third kappa shape index (κ3) is 4.68. The standard InChI is InChI=1S/C13H19F6N/c1-20-10(9-7-5-3-2-4-6-8-9)11(12(14,15)16)13(17,18)19/h7,10-11,20H,2-6,8H2,1H3. The van der Waals surface area contributed by atoms with E-state index in [1.54, 1.807) is 6.08 Å². The van der Waals surface area contributed by atoms with Gasteiger partial charge in [-0.15, -0.1) is 0 Å². The van der Waals surface area contributed by atoms with Gasteiger partial charge in [-0.3, -0.25) is 0 Å². The highest BCUT2D eigenvalue weighted by molar-refractivity contribution is 5.15. The summed E-state index contributed by atoms with van der Waals surface area (Å²) in [6, 6.07) is -1.73. The second kappa shape index (κ2) is 6.83. The molecule has 0 aliphatic heterocycles. The molecule has 118 valence electrons. The Labute approximate surface area is 114 Å². The monoisotopic (exact) mass is 303 g/mol. The molecular formula is C13H19F6N. The van der Waals surface area contributed by atoms with Crippen LogP contribution in [0.4, 0.5) is 26.3 Å². The van der Waals surface area contributed by atoms with Crippen LogP contribution in [0.15, 0.2) is 11.6 Å². The van der Waals surface area contributed by atoms with Gasteiger partial charge in [-0.1, -0.05) is 24.5 Å². The smallest absolute Gasteiger partial charge is 0.312 e. The molecule has 0 aromatic carbocycles.